The van der Waals surface area contributed by atoms with E-state index in [-0.39, 0.29) is 41.5 Å². The molecule has 1 saturated carbocycles. The van der Waals surface area contributed by atoms with E-state index in [0.717, 1.165) is 73.6 Å². The standard InChI is InChI=1S/C37H49N3O4/c1-3-4-6-13-30(41)19-17-28-24-35(44-31-14-9-10-15-31)36(42)33-23-27(25-43-2)16-21-34(40-37(38)39)29(18-20-32(28)33)22-26-11-7-5-8-12-26/h5-8,11-13,24,27,29,31,34,42H,3-4,9-10,14-17,19,21-23,25H2,1-2H3,(H4,38,39,40)/t27-,29-,34+/m0/s1. The number of benzene rings is 2. The number of carbonyl (C=O) groups excluding carboxylic acids is 1. The number of aromatic hydroxyl groups is 1. The van der Waals surface area contributed by atoms with E-state index in [1.54, 1.807) is 13.2 Å². The van der Waals surface area contributed by atoms with Gasteiger partial charge in [-0.1, -0.05) is 61.6 Å². The highest BCUT2D eigenvalue weighted by molar-refractivity contribution is 5.89. The number of nitrogens with zero attached hydrogens (tertiary/aromatic N) is 1. The van der Waals surface area contributed by atoms with Gasteiger partial charge in [0.25, 0.3) is 0 Å². The van der Waals surface area contributed by atoms with E-state index in [2.05, 4.69) is 35.9 Å². The highest BCUT2D eigenvalue weighted by atomic mass is 16.5. The Morgan fingerprint density at radius 1 is 1.14 bits per heavy atom. The number of nitrogens with two attached hydrogens (primary N) is 2. The van der Waals surface area contributed by atoms with Crippen molar-refractivity contribution in [1.29, 1.82) is 0 Å². The van der Waals surface area contributed by atoms with Crippen LogP contribution in [0, 0.1) is 23.7 Å². The number of ketones is 1. The molecular weight excluding hydrogens is 550 g/mol. The lowest BCUT2D eigenvalue weighted by Crippen LogP contribution is -2.30. The average Bonchev–Trinajstić information content (AvgIpc) is 3.52. The van der Waals surface area contributed by atoms with E-state index in [4.69, 9.17) is 20.9 Å². The lowest BCUT2D eigenvalue weighted by molar-refractivity contribution is -0.114. The van der Waals surface area contributed by atoms with Crippen LogP contribution in [0.4, 0.5) is 0 Å². The maximum absolute atomic E-state index is 12.8. The first-order valence-electron chi connectivity index (χ1n) is 16.2. The van der Waals surface area contributed by atoms with Gasteiger partial charge in [-0.25, -0.2) is 4.99 Å². The molecule has 7 heteroatoms. The Morgan fingerprint density at radius 2 is 1.91 bits per heavy atom. The first-order chi connectivity index (χ1) is 21.4. The van der Waals surface area contributed by atoms with Gasteiger partial charge in [-0.3, -0.25) is 4.79 Å². The van der Waals surface area contributed by atoms with Crippen molar-refractivity contribution in [3.63, 3.8) is 0 Å². The van der Waals surface area contributed by atoms with Gasteiger partial charge in [0.1, 0.15) is 0 Å². The first-order valence-corrected chi connectivity index (χ1v) is 16.2. The number of unbranched alkanes of at least 4 members (excludes halogenated alkanes) is 1. The summed E-state index contributed by atoms with van der Waals surface area (Å²) in [4.78, 5) is 17.4. The molecule has 0 aliphatic heterocycles. The third-order valence-electron chi connectivity index (χ3n) is 8.67. The number of aliphatic imine (C=N–C) groups is 1. The van der Waals surface area contributed by atoms with Gasteiger partial charge in [0.2, 0.25) is 0 Å². The number of allylic oxidation sites excluding steroid dienone is 2. The molecule has 5 N–H and O–H groups in total. The predicted octanol–water partition coefficient (Wildman–Crippen LogP) is 6.02. The number of hydrogen-bond acceptors (Lipinski definition) is 5. The lowest BCUT2D eigenvalue weighted by atomic mass is 9.83. The van der Waals surface area contributed by atoms with E-state index in [9.17, 15) is 9.90 Å². The van der Waals surface area contributed by atoms with Crippen LogP contribution in [-0.4, -0.2) is 42.7 Å². The summed E-state index contributed by atoms with van der Waals surface area (Å²) in [6, 6.07) is 12.0. The second-order valence-electron chi connectivity index (χ2n) is 12.2. The minimum Gasteiger partial charge on any atom is -0.504 e. The Balaban J connectivity index is 1.82. The smallest absolute Gasteiger partial charge is 0.186 e. The fourth-order valence-corrected chi connectivity index (χ4v) is 6.35. The molecule has 0 bridgehead atoms. The van der Waals surface area contributed by atoms with Crippen molar-refractivity contribution < 1.29 is 19.4 Å². The topological polar surface area (TPSA) is 120 Å². The summed E-state index contributed by atoms with van der Waals surface area (Å²) in [5.74, 6) is 7.76. The van der Waals surface area contributed by atoms with Crippen molar-refractivity contribution in [2.75, 3.05) is 13.7 Å². The maximum atomic E-state index is 12.8. The molecule has 44 heavy (non-hydrogen) atoms. The minimum atomic E-state index is -0.194. The van der Waals surface area contributed by atoms with Gasteiger partial charge in [-0.15, -0.1) is 0 Å². The Bertz CT molecular complexity index is 1350. The molecule has 0 aromatic heterocycles. The van der Waals surface area contributed by atoms with E-state index < -0.39 is 0 Å². The van der Waals surface area contributed by atoms with Crippen molar-refractivity contribution in [3.8, 4) is 23.3 Å². The summed E-state index contributed by atoms with van der Waals surface area (Å²) in [6.07, 6.45) is 13.5. The normalized spacial score (nSPS) is 20.5. The van der Waals surface area contributed by atoms with Crippen LogP contribution in [0.5, 0.6) is 11.5 Å². The van der Waals surface area contributed by atoms with Crippen LogP contribution in [0.2, 0.25) is 0 Å². The largest absolute Gasteiger partial charge is 0.504 e. The zero-order chi connectivity index (χ0) is 31.3. The molecule has 236 valence electrons. The number of phenols is 1. The number of methoxy groups -OCH3 is 1. The highest BCUT2D eigenvalue weighted by Gasteiger charge is 2.28. The number of phenolic OH excluding ortho intramolecular Hbond substituents is 1. The van der Waals surface area contributed by atoms with Crippen molar-refractivity contribution in [2.45, 2.75) is 96.1 Å². The van der Waals surface area contributed by atoms with Gasteiger partial charge < -0.3 is 26.0 Å². The van der Waals surface area contributed by atoms with Crippen LogP contribution in [0.3, 0.4) is 0 Å². The van der Waals surface area contributed by atoms with Crippen LogP contribution in [0.25, 0.3) is 0 Å². The third kappa shape index (κ3) is 9.62. The molecule has 2 aromatic carbocycles. The van der Waals surface area contributed by atoms with E-state index in [1.807, 2.05) is 30.3 Å². The van der Waals surface area contributed by atoms with Gasteiger partial charge in [0, 0.05) is 37.2 Å². The Hall–Kier alpha value is -3.76. The molecule has 4 rings (SSSR count). The number of fused-ring (bicyclic) bond motifs is 1. The molecule has 3 atom stereocenters. The van der Waals surface area contributed by atoms with Crippen molar-refractivity contribution in [3.05, 3.63) is 70.8 Å². The molecule has 0 unspecified atom stereocenters. The molecule has 1 fully saturated rings. The van der Waals surface area contributed by atoms with Gasteiger partial charge >= 0.3 is 0 Å². The van der Waals surface area contributed by atoms with Gasteiger partial charge in [-0.05, 0) is 93.4 Å². The zero-order valence-electron chi connectivity index (χ0n) is 26.4. The lowest BCUT2D eigenvalue weighted by Gasteiger charge is -2.26. The summed E-state index contributed by atoms with van der Waals surface area (Å²) < 4.78 is 12.1. The van der Waals surface area contributed by atoms with E-state index in [0.29, 0.717) is 38.0 Å². The Morgan fingerprint density at radius 3 is 2.61 bits per heavy atom. The van der Waals surface area contributed by atoms with Gasteiger partial charge in [-0.2, -0.15) is 0 Å². The molecule has 0 saturated heterocycles. The number of hydrogen-bond donors (Lipinski definition) is 3. The van der Waals surface area contributed by atoms with Crippen LogP contribution in [0.15, 0.2) is 53.5 Å². The monoisotopic (exact) mass is 599 g/mol. The van der Waals surface area contributed by atoms with Crippen molar-refractivity contribution >= 4 is 11.7 Å². The molecule has 2 aromatic rings. The molecule has 0 heterocycles. The SMILES string of the molecule is CCCC=CC(=O)CCc1cc(OC2CCCC2)c(O)c2c1C#C[C@@H](Cc1ccccc1)[C@H](N=C(N)N)CC[C@H](COC)C2. The Labute approximate surface area is 263 Å². The van der Waals surface area contributed by atoms with Gasteiger partial charge in [0.05, 0.1) is 12.1 Å². The summed E-state index contributed by atoms with van der Waals surface area (Å²) >= 11 is 0. The Kier molecular flexibility index (Phi) is 12.7. The number of guanidine groups is 1. The fourth-order valence-electron chi connectivity index (χ4n) is 6.35. The van der Waals surface area contributed by atoms with E-state index in [1.165, 1.54) is 0 Å². The molecule has 0 radical (unpaired) electrons. The molecule has 2 aliphatic rings. The first kappa shape index (κ1) is 33.1. The van der Waals surface area contributed by atoms with Crippen molar-refractivity contribution in [2.24, 2.45) is 28.3 Å². The molecule has 7 nitrogen and oxygen atoms in total. The maximum Gasteiger partial charge on any atom is 0.186 e. The molecule has 2 aliphatic carbocycles. The minimum absolute atomic E-state index is 0.0530. The highest BCUT2D eigenvalue weighted by Crippen LogP contribution is 2.40. The zero-order valence-corrected chi connectivity index (χ0v) is 26.4. The summed E-state index contributed by atoms with van der Waals surface area (Å²) in [5.41, 5.74) is 15.5. The summed E-state index contributed by atoms with van der Waals surface area (Å²) in [6.45, 7) is 2.62. The number of ether oxygens (including phenoxy) is 2. The fraction of sp³-hybridized carbons (Fsp3) is 0.514. The molecule has 0 spiro atoms. The van der Waals surface area contributed by atoms with Crippen LogP contribution in [-0.2, 0) is 28.8 Å². The number of aryl methyl sites for hydroxylation is 1. The second-order valence-corrected chi connectivity index (χ2v) is 12.2. The quantitative estimate of drug-likeness (QED) is 0.112. The molecular formula is C37H49N3O4. The van der Waals surface area contributed by atoms with E-state index >= 15 is 0 Å². The molecule has 0 amide bonds. The van der Waals surface area contributed by atoms with Crippen LogP contribution >= 0.6 is 0 Å². The van der Waals surface area contributed by atoms with Crippen LogP contribution < -0.4 is 16.2 Å². The third-order valence-corrected chi connectivity index (χ3v) is 8.67. The number of rotatable bonds is 13. The second kappa shape index (κ2) is 16.9. The predicted molar refractivity (Wildman–Crippen MR) is 177 cm³/mol. The average molecular weight is 600 g/mol. The summed E-state index contributed by atoms with van der Waals surface area (Å²) in [5, 5.41) is 11.7. The van der Waals surface area contributed by atoms with Crippen molar-refractivity contribution in [1.82, 2.24) is 0 Å². The van der Waals surface area contributed by atoms with Crippen LogP contribution in [0.1, 0.15) is 87.0 Å². The number of carbonyl (C=O) groups is 1. The van der Waals surface area contributed by atoms with Gasteiger partial charge in [0.15, 0.2) is 23.2 Å². The summed E-state index contributed by atoms with van der Waals surface area (Å²) in [7, 11) is 1.70.